The van der Waals surface area contributed by atoms with Gasteiger partial charge in [-0.15, -0.1) is 0 Å². The number of carbonyl (C=O) groups excluding carboxylic acids is 1. The van der Waals surface area contributed by atoms with Gasteiger partial charge in [0, 0.05) is 17.6 Å². The number of hydrogen-bond acceptors (Lipinski definition) is 4. The largest absolute Gasteiger partial charge is 0.399 e. The topological polar surface area (TPSA) is 70.4 Å². The van der Waals surface area contributed by atoms with Gasteiger partial charge >= 0.3 is 0 Å². The van der Waals surface area contributed by atoms with E-state index in [-0.39, 0.29) is 5.91 Å². The number of nitrogens with zero attached hydrogens (tertiary/aromatic N) is 1. The summed E-state index contributed by atoms with van der Waals surface area (Å²) < 4.78 is 0. The molecular formula is C20H31ClN4O. The van der Waals surface area contributed by atoms with E-state index < -0.39 is 0 Å². The smallest absolute Gasteiger partial charge is 0.238 e. The van der Waals surface area contributed by atoms with Crippen LogP contribution in [0.3, 0.4) is 0 Å². The summed E-state index contributed by atoms with van der Waals surface area (Å²) in [5.74, 6) is -0.0862. The molecule has 0 aliphatic carbocycles. The monoisotopic (exact) mass is 378 g/mol. The van der Waals surface area contributed by atoms with Crippen LogP contribution >= 0.6 is 11.6 Å². The summed E-state index contributed by atoms with van der Waals surface area (Å²) in [5, 5.41) is 5.00. The number of nitrogens with one attached hydrogen (secondary N) is 2. The Labute approximate surface area is 162 Å². The second kappa shape index (κ2) is 13.2. The average Bonchev–Trinajstić information content (AvgIpc) is 2.59. The number of rotatable bonds is 4. The molecule has 144 valence electrons. The number of amides is 1. The summed E-state index contributed by atoms with van der Waals surface area (Å²) in [7, 11) is 1.80. The van der Waals surface area contributed by atoms with E-state index in [9.17, 15) is 4.79 Å². The van der Waals surface area contributed by atoms with E-state index in [2.05, 4.69) is 10.7 Å². The van der Waals surface area contributed by atoms with Gasteiger partial charge in [-0.3, -0.25) is 4.79 Å². The van der Waals surface area contributed by atoms with Crippen molar-refractivity contribution in [2.45, 2.75) is 34.6 Å². The summed E-state index contributed by atoms with van der Waals surface area (Å²) in [5.41, 5.74) is 12.2. The molecule has 0 saturated heterocycles. The van der Waals surface area contributed by atoms with Gasteiger partial charge in [0.25, 0.3) is 0 Å². The van der Waals surface area contributed by atoms with E-state index >= 15 is 0 Å². The van der Waals surface area contributed by atoms with Gasteiger partial charge in [0.05, 0.1) is 12.4 Å². The van der Waals surface area contributed by atoms with Gasteiger partial charge < -0.3 is 11.1 Å². The normalized spacial score (nSPS) is 9.35. The molecule has 0 saturated carbocycles. The number of aryl methyl sites for hydroxylation is 2. The van der Waals surface area contributed by atoms with E-state index in [4.69, 9.17) is 17.3 Å². The summed E-state index contributed by atoms with van der Waals surface area (Å²) >= 11 is 5.95. The van der Waals surface area contributed by atoms with Crippen molar-refractivity contribution in [1.82, 2.24) is 10.7 Å². The predicted molar refractivity (Wildman–Crippen MR) is 113 cm³/mol. The van der Waals surface area contributed by atoms with Crippen molar-refractivity contribution in [3.63, 3.8) is 0 Å². The van der Waals surface area contributed by atoms with E-state index in [1.165, 1.54) is 17.5 Å². The minimum Gasteiger partial charge on any atom is -0.399 e. The second-order valence-corrected chi connectivity index (χ2v) is 5.88. The number of benzene rings is 2. The van der Waals surface area contributed by atoms with E-state index in [0.717, 1.165) is 16.9 Å². The Hall–Kier alpha value is -2.08. The van der Waals surface area contributed by atoms with Gasteiger partial charge in [0.2, 0.25) is 5.91 Å². The van der Waals surface area contributed by atoms with E-state index in [0.29, 0.717) is 11.7 Å². The molecule has 2 rings (SSSR count). The maximum Gasteiger partial charge on any atom is 0.238 e. The van der Waals surface area contributed by atoms with Crippen LogP contribution in [0.2, 0.25) is 5.02 Å². The highest BCUT2D eigenvalue weighted by molar-refractivity contribution is 6.31. The predicted octanol–water partition coefficient (Wildman–Crippen LogP) is 4.29. The van der Waals surface area contributed by atoms with E-state index in [1.54, 1.807) is 13.1 Å². The number of halogens is 1. The molecular weight excluding hydrogens is 348 g/mol. The Morgan fingerprint density at radius 2 is 1.65 bits per heavy atom. The molecule has 0 unspecified atom stereocenters. The first-order valence-corrected chi connectivity index (χ1v) is 8.99. The fourth-order valence-electron chi connectivity index (χ4n) is 1.96. The van der Waals surface area contributed by atoms with Crippen LogP contribution in [-0.4, -0.2) is 19.6 Å². The molecule has 0 aliphatic heterocycles. The summed E-state index contributed by atoms with van der Waals surface area (Å²) in [4.78, 5) is 11.5. The standard InChI is InChI=1S/C11H16ClN3O.C7H9N.C2H6/c1-8-4-10(12)6-11(5-8)15(9(2)16)14-7-13-3;1-6-2-4-7(8)5-3-6;1-2/h4-6,13-14H,7H2,1-3H3;2-5H,8H2,1H3;1-2H3. The molecule has 0 aliphatic rings. The van der Waals surface area contributed by atoms with Crippen LogP contribution in [0.15, 0.2) is 42.5 Å². The van der Waals surface area contributed by atoms with Crippen molar-refractivity contribution >= 4 is 28.9 Å². The van der Waals surface area contributed by atoms with Crippen molar-refractivity contribution in [2.24, 2.45) is 0 Å². The molecule has 0 spiro atoms. The number of hydrogen-bond donors (Lipinski definition) is 3. The van der Waals surface area contributed by atoms with Crippen molar-refractivity contribution in [3.8, 4) is 0 Å². The lowest BCUT2D eigenvalue weighted by Crippen LogP contribution is -2.45. The Morgan fingerprint density at radius 1 is 1.08 bits per heavy atom. The van der Waals surface area contributed by atoms with Gasteiger partial charge in [-0.1, -0.05) is 43.1 Å². The van der Waals surface area contributed by atoms with Crippen molar-refractivity contribution in [2.75, 3.05) is 24.5 Å². The first-order chi connectivity index (χ1) is 12.3. The average molecular weight is 379 g/mol. The molecule has 1 amide bonds. The lowest BCUT2D eigenvalue weighted by Gasteiger charge is -2.22. The van der Waals surface area contributed by atoms with Crippen LogP contribution in [0.4, 0.5) is 11.4 Å². The molecule has 0 heterocycles. The Balaban J connectivity index is 0.000000522. The third-order valence-electron chi connectivity index (χ3n) is 3.09. The summed E-state index contributed by atoms with van der Waals surface area (Å²) in [6.07, 6.45) is 0. The molecule has 0 atom stereocenters. The van der Waals surface area contributed by atoms with Crippen molar-refractivity contribution in [3.05, 3.63) is 58.6 Å². The number of carbonyl (C=O) groups is 1. The quantitative estimate of drug-likeness (QED) is 0.421. The Morgan fingerprint density at radius 3 is 2.08 bits per heavy atom. The number of anilines is 2. The first kappa shape index (κ1) is 23.9. The zero-order valence-corrected chi connectivity index (χ0v) is 17.3. The minimum absolute atomic E-state index is 0.0862. The molecule has 5 nitrogen and oxygen atoms in total. The lowest BCUT2D eigenvalue weighted by molar-refractivity contribution is -0.117. The highest BCUT2D eigenvalue weighted by atomic mass is 35.5. The Bertz CT molecular complexity index is 618. The third kappa shape index (κ3) is 9.42. The highest BCUT2D eigenvalue weighted by Gasteiger charge is 2.11. The number of nitrogens with two attached hydrogens (primary N) is 1. The van der Waals surface area contributed by atoms with Crippen LogP contribution in [-0.2, 0) is 4.79 Å². The van der Waals surface area contributed by atoms with Crippen LogP contribution in [0.25, 0.3) is 0 Å². The van der Waals surface area contributed by atoms with Gasteiger partial charge in [-0.2, -0.15) is 0 Å². The third-order valence-corrected chi connectivity index (χ3v) is 3.31. The number of hydrazine groups is 1. The van der Waals surface area contributed by atoms with Crippen molar-refractivity contribution in [1.29, 1.82) is 0 Å². The molecule has 0 radical (unpaired) electrons. The number of nitrogen functional groups attached to an aromatic ring is 1. The zero-order valence-electron chi connectivity index (χ0n) is 16.6. The molecule has 2 aromatic rings. The van der Waals surface area contributed by atoms with Crippen LogP contribution in [0.1, 0.15) is 31.9 Å². The lowest BCUT2D eigenvalue weighted by atomic mass is 10.2. The molecule has 0 aromatic heterocycles. The maximum absolute atomic E-state index is 11.5. The SMILES string of the molecule is CC.CNCNN(C(C)=O)c1cc(C)cc(Cl)c1.Cc1ccc(N)cc1. The van der Waals surface area contributed by atoms with Crippen molar-refractivity contribution < 1.29 is 4.79 Å². The zero-order chi connectivity index (χ0) is 20.1. The molecule has 0 bridgehead atoms. The van der Waals surface area contributed by atoms with Gasteiger partial charge in [0.15, 0.2) is 0 Å². The molecule has 4 N–H and O–H groups in total. The van der Waals surface area contributed by atoms with Crippen LogP contribution in [0.5, 0.6) is 0 Å². The highest BCUT2D eigenvalue weighted by Crippen LogP contribution is 2.21. The maximum atomic E-state index is 11.5. The molecule has 6 heteroatoms. The first-order valence-electron chi connectivity index (χ1n) is 8.61. The second-order valence-electron chi connectivity index (χ2n) is 5.44. The van der Waals surface area contributed by atoms with Gasteiger partial charge in [-0.25, -0.2) is 10.4 Å². The fraction of sp³-hybridized carbons (Fsp3) is 0.350. The summed E-state index contributed by atoms with van der Waals surface area (Å²) in [6, 6.07) is 13.3. The molecule has 0 fully saturated rings. The minimum atomic E-state index is -0.0862. The fourth-order valence-corrected chi connectivity index (χ4v) is 2.24. The van der Waals surface area contributed by atoms with Gasteiger partial charge in [0.1, 0.15) is 0 Å². The van der Waals surface area contributed by atoms with Crippen LogP contribution in [0, 0.1) is 13.8 Å². The van der Waals surface area contributed by atoms with E-state index in [1.807, 2.05) is 64.1 Å². The Kier molecular flexibility index (Phi) is 12.1. The molecule has 2 aromatic carbocycles. The molecule has 26 heavy (non-hydrogen) atoms. The van der Waals surface area contributed by atoms with Crippen LogP contribution < -0.4 is 21.5 Å². The van der Waals surface area contributed by atoms with Gasteiger partial charge in [-0.05, 0) is 56.8 Å². The summed E-state index contributed by atoms with van der Waals surface area (Å²) in [6.45, 7) is 9.98.